The zero-order valence-electron chi connectivity index (χ0n) is 15.6. The highest BCUT2D eigenvalue weighted by Gasteiger charge is 2.39. The van der Waals surface area contributed by atoms with Crippen LogP contribution in [0.5, 0.6) is 5.75 Å². The van der Waals surface area contributed by atoms with Crippen LogP contribution in [0.1, 0.15) is 18.3 Å². The van der Waals surface area contributed by atoms with Crippen LogP contribution in [0.15, 0.2) is 65.3 Å². The predicted octanol–water partition coefficient (Wildman–Crippen LogP) is 3.23. The van der Waals surface area contributed by atoms with Gasteiger partial charge in [-0.3, -0.25) is 5.01 Å². The van der Waals surface area contributed by atoms with E-state index in [0.717, 1.165) is 5.56 Å². The second-order valence-corrected chi connectivity index (χ2v) is 6.19. The number of rotatable bonds is 5. The summed E-state index contributed by atoms with van der Waals surface area (Å²) < 4.78 is 35.0. The molecule has 0 unspecified atom stereocenters. The zero-order valence-corrected chi connectivity index (χ0v) is 15.6. The van der Waals surface area contributed by atoms with Gasteiger partial charge in [0.25, 0.3) is 0 Å². The standard InChI is InChI=1S/C19H20F2N6O/c1-13-8-9-16(19(20,21)18-22-25-26-23-18)10-11-27(24-14(13)2)12-15-6-4-5-7-17(15)28-3/h4-10H,1,11-12H2,2-3H3,(H,22,23,25,26)/b9-8-,16-10+,24-14-. The van der Waals surface area contributed by atoms with Crippen molar-refractivity contribution in [3.8, 4) is 5.75 Å². The van der Waals surface area contributed by atoms with Gasteiger partial charge in [-0.25, -0.2) is 5.10 Å². The molecule has 1 N–H and O–H groups in total. The van der Waals surface area contributed by atoms with Gasteiger partial charge in [-0.05, 0) is 29.0 Å². The number of methoxy groups -OCH3 is 1. The summed E-state index contributed by atoms with van der Waals surface area (Å²) in [6.07, 6.45) is 4.23. The predicted molar refractivity (Wildman–Crippen MR) is 101 cm³/mol. The van der Waals surface area contributed by atoms with Crippen molar-refractivity contribution in [2.24, 2.45) is 5.10 Å². The maximum Gasteiger partial charge on any atom is 0.332 e. The topological polar surface area (TPSA) is 79.3 Å². The van der Waals surface area contributed by atoms with Crippen LogP contribution < -0.4 is 4.74 Å². The lowest BCUT2D eigenvalue weighted by Gasteiger charge is -2.21. The number of aromatic nitrogens is 4. The fraction of sp³-hybridized carbons (Fsp3) is 0.263. The number of H-pyrrole nitrogens is 1. The average Bonchev–Trinajstić information content (AvgIpc) is 3.24. The van der Waals surface area contributed by atoms with Crippen LogP contribution in [0.2, 0.25) is 0 Å². The van der Waals surface area contributed by atoms with E-state index in [1.165, 1.54) is 18.2 Å². The van der Waals surface area contributed by atoms with Crippen molar-refractivity contribution in [3.63, 3.8) is 0 Å². The molecular formula is C19H20F2N6O. The molecule has 0 amide bonds. The third-order valence-corrected chi connectivity index (χ3v) is 4.29. The van der Waals surface area contributed by atoms with E-state index in [2.05, 4.69) is 32.3 Å². The molecule has 9 heteroatoms. The van der Waals surface area contributed by atoms with Crippen LogP contribution in [-0.2, 0) is 12.5 Å². The molecule has 1 aliphatic rings. The summed E-state index contributed by atoms with van der Waals surface area (Å²) in [5.74, 6) is -3.30. The van der Waals surface area contributed by atoms with Gasteiger partial charge < -0.3 is 4.74 Å². The van der Waals surface area contributed by atoms with Crippen molar-refractivity contribution >= 4 is 5.71 Å². The average molecular weight is 386 g/mol. The summed E-state index contributed by atoms with van der Waals surface area (Å²) in [5.41, 5.74) is 1.80. The largest absolute Gasteiger partial charge is 0.496 e. The number of ether oxygens (including phenoxy) is 1. The number of nitrogens with zero attached hydrogens (tertiary/aromatic N) is 5. The highest BCUT2D eigenvalue weighted by Crippen LogP contribution is 2.34. The monoisotopic (exact) mass is 386 g/mol. The molecular weight excluding hydrogens is 366 g/mol. The number of alkyl halides is 2. The van der Waals surface area contributed by atoms with Gasteiger partial charge in [0.15, 0.2) is 0 Å². The molecule has 3 rings (SSSR count). The number of halogens is 2. The third-order valence-electron chi connectivity index (χ3n) is 4.29. The summed E-state index contributed by atoms with van der Waals surface area (Å²) in [6, 6.07) is 7.50. The number of para-hydroxylation sites is 1. The lowest BCUT2D eigenvalue weighted by Crippen LogP contribution is -2.22. The number of hydrogen-bond acceptors (Lipinski definition) is 6. The first-order valence-electron chi connectivity index (χ1n) is 8.54. The highest BCUT2D eigenvalue weighted by atomic mass is 19.3. The molecule has 0 spiro atoms. The molecule has 1 aliphatic heterocycles. The Bertz CT molecular complexity index is 934. The number of aromatic amines is 1. The van der Waals surface area contributed by atoms with Gasteiger partial charge >= 0.3 is 5.92 Å². The molecule has 0 saturated carbocycles. The summed E-state index contributed by atoms with van der Waals surface area (Å²) in [4.78, 5) is 0. The van der Waals surface area contributed by atoms with Crippen molar-refractivity contribution in [1.82, 2.24) is 25.6 Å². The summed E-state index contributed by atoms with van der Waals surface area (Å²) in [6.45, 7) is 6.22. The minimum atomic E-state index is -3.38. The number of benzene rings is 1. The van der Waals surface area contributed by atoms with Crippen LogP contribution in [-0.4, -0.2) is 45.0 Å². The van der Waals surface area contributed by atoms with Crippen LogP contribution in [0.4, 0.5) is 8.78 Å². The Kier molecular flexibility index (Phi) is 5.62. The first-order chi connectivity index (χ1) is 13.4. The second kappa shape index (κ2) is 8.12. The van der Waals surface area contributed by atoms with Gasteiger partial charge in [0, 0.05) is 11.1 Å². The van der Waals surface area contributed by atoms with Crippen molar-refractivity contribution in [2.75, 3.05) is 13.7 Å². The Morgan fingerprint density at radius 3 is 2.79 bits per heavy atom. The van der Waals surface area contributed by atoms with Gasteiger partial charge in [0.2, 0.25) is 5.82 Å². The van der Waals surface area contributed by atoms with Crippen LogP contribution in [0.25, 0.3) is 0 Å². The number of hydrazone groups is 1. The quantitative estimate of drug-likeness (QED) is 0.854. The lowest BCUT2D eigenvalue weighted by atomic mass is 10.1. The van der Waals surface area contributed by atoms with Crippen molar-refractivity contribution in [1.29, 1.82) is 0 Å². The minimum absolute atomic E-state index is 0.152. The Hall–Kier alpha value is -3.36. The Balaban J connectivity index is 1.94. The molecule has 7 nitrogen and oxygen atoms in total. The lowest BCUT2D eigenvalue weighted by molar-refractivity contribution is 0.0314. The van der Waals surface area contributed by atoms with E-state index >= 15 is 0 Å². The Labute approximate surface area is 161 Å². The molecule has 0 saturated heterocycles. The van der Waals surface area contributed by atoms with E-state index in [1.54, 1.807) is 19.0 Å². The maximum absolute atomic E-state index is 14.8. The second-order valence-electron chi connectivity index (χ2n) is 6.19. The maximum atomic E-state index is 14.8. The van der Waals surface area contributed by atoms with E-state index in [-0.39, 0.29) is 12.1 Å². The normalized spacial score (nSPS) is 20.3. The number of tetrazole rings is 1. The van der Waals surface area contributed by atoms with Gasteiger partial charge in [-0.2, -0.15) is 13.9 Å². The van der Waals surface area contributed by atoms with Crippen molar-refractivity contribution < 1.29 is 13.5 Å². The first-order valence-corrected chi connectivity index (χ1v) is 8.54. The molecule has 28 heavy (non-hydrogen) atoms. The molecule has 0 radical (unpaired) electrons. The third kappa shape index (κ3) is 4.13. The number of allylic oxidation sites excluding steroid dienone is 4. The first kappa shape index (κ1) is 19.4. The van der Waals surface area contributed by atoms with Crippen LogP contribution in [0, 0.1) is 0 Å². The fourth-order valence-corrected chi connectivity index (χ4v) is 2.69. The number of nitrogens with one attached hydrogen (secondary N) is 1. The molecule has 1 aromatic carbocycles. The molecule has 146 valence electrons. The molecule has 0 bridgehead atoms. The summed E-state index contributed by atoms with van der Waals surface area (Å²) in [5, 5.41) is 18.2. The Morgan fingerprint density at radius 2 is 2.07 bits per heavy atom. The minimum Gasteiger partial charge on any atom is -0.496 e. The fourth-order valence-electron chi connectivity index (χ4n) is 2.69. The Morgan fingerprint density at radius 1 is 1.29 bits per heavy atom. The molecule has 2 aromatic rings. The van der Waals surface area contributed by atoms with E-state index in [9.17, 15) is 8.78 Å². The zero-order chi connectivity index (χ0) is 20.1. The van der Waals surface area contributed by atoms with Crippen LogP contribution in [0.3, 0.4) is 0 Å². The SMILES string of the molecule is C=C1/C=C\C(C(F)(F)c2nnn[nH]2)=C/CN(Cc2ccccc2OC)/N=C\1C. The molecule has 0 fully saturated rings. The highest BCUT2D eigenvalue weighted by molar-refractivity contribution is 6.00. The molecule has 0 aliphatic carbocycles. The van der Waals surface area contributed by atoms with Crippen LogP contribution >= 0.6 is 0 Å². The molecule has 2 heterocycles. The van der Waals surface area contributed by atoms with Gasteiger partial charge in [0.05, 0.1) is 25.9 Å². The summed E-state index contributed by atoms with van der Waals surface area (Å²) in [7, 11) is 1.58. The molecule has 1 aromatic heterocycles. The van der Waals surface area contributed by atoms with E-state index in [1.807, 2.05) is 24.3 Å². The van der Waals surface area contributed by atoms with E-state index in [0.29, 0.717) is 23.6 Å². The van der Waals surface area contributed by atoms with Gasteiger partial charge in [-0.1, -0.05) is 43.0 Å². The van der Waals surface area contributed by atoms with Gasteiger partial charge in [-0.15, -0.1) is 5.10 Å². The van der Waals surface area contributed by atoms with E-state index in [4.69, 9.17) is 4.74 Å². The van der Waals surface area contributed by atoms with Crippen molar-refractivity contribution in [2.45, 2.75) is 19.4 Å². The smallest absolute Gasteiger partial charge is 0.332 e. The van der Waals surface area contributed by atoms with Gasteiger partial charge in [0.1, 0.15) is 5.75 Å². The number of hydrogen-bond donors (Lipinski definition) is 1. The summed E-state index contributed by atoms with van der Waals surface area (Å²) >= 11 is 0. The van der Waals surface area contributed by atoms with E-state index < -0.39 is 11.7 Å². The van der Waals surface area contributed by atoms with Crippen molar-refractivity contribution in [3.05, 3.63) is 71.6 Å². The molecule has 0 atom stereocenters.